The molecule has 5 aliphatic rings. The molecule has 3 aliphatic heterocycles. The molecule has 0 radical (unpaired) electrons. The number of benzene rings is 2. The van der Waals surface area contributed by atoms with Crippen LogP contribution in [0.3, 0.4) is 0 Å². The van der Waals surface area contributed by atoms with Crippen molar-refractivity contribution < 1.29 is 14.0 Å². The number of carbonyl (C=O) groups excluding carboxylic acids is 2. The van der Waals surface area contributed by atoms with Gasteiger partial charge in [-0.15, -0.1) is 0 Å². The van der Waals surface area contributed by atoms with Gasteiger partial charge in [0.2, 0.25) is 5.91 Å². The van der Waals surface area contributed by atoms with E-state index in [2.05, 4.69) is 10.9 Å². The summed E-state index contributed by atoms with van der Waals surface area (Å²) in [6.45, 7) is 2.61. The van der Waals surface area contributed by atoms with Gasteiger partial charge in [-0.05, 0) is 55.7 Å². The lowest BCUT2D eigenvalue weighted by molar-refractivity contribution is -0.131. The summed E-state index contributed by atoms with van der Waals surface area (Å²) in [7, 11) is 0. The molecular formula is C27H28FN5O2. The summed E-state index contributed by atoms with van der Waals surface area (Å²) in [4.78, 5) is 34.4. The van der Waals surface area contributed by atoms with E-state index in [9.17, 15) is 9.59 Å². The van der Waals surface area contributed by atoms with Crippen LogP contribution in [0.4, 0.5) is 10.1 Å². The molecule has 2 N–H and O–H groups in total. The van der Waals surface area contributed by atoms with Crippen LogP contribution in [0.2, 0.25) is 0 Å². The molecule has 7 rings (SSSR count). The number of rotatable bonds is 5. The number of hydrogen-bond donors (Lipinski definition) is 2. The van der Waals surface area contributed by atoms with E-state index in [1.165, 1.54) is 6.07 Å². The summed E-state index contributed by atoms with van der Waals surface area (Å²) in [6, 6.07) is 11.0. The van der Waals surface area contributed by atoms with Crippen molar-refractivity contribution in [2.75, 3.05) is 25.1 Å². The molecule has 0 aromatic heterocycles. The third kappa shape index (κ3) is 3.45. The Morgan fingerprint density at radius 2 is 2.00 bits per heavy atom. The summed E-state index contributed by atoms with van der Waals surface area (Å²) in [5.41, 5.74) is 9.59. The minimum absolute atomic E-state index is 0.0296. The minimum Gasteiger partial charge on any atom is -0.342 e. The fraction of sp³-hybridized carbons (Fsp3) is 0.444. The average Bonchev–Trinajstić information content (AvgIpc) is 3.73. The van der Waals surface area contributed by atoms with Gasteiger partial charge in [0.05, 0.1) is 5.69 Å². The van der Waals surface area contributed by atoms with Crippen molar-refractivity contribution in [3.05, 3.63) is 53.3 Å². The van der Waals surface area contributed by atoms with Gasteiger partial charge in [0.25, 0.3) is 5.91 Å². The van der Waals surface area contributed by atoms with Crippen LogP contribution in [-0.2, 0) is 16.1 Å². The molecule has 180 valence electrons. The van der Waals surface area contributed by atoms with Crippen LogP contribution in [0.25, 0.3) is 11.1 Å². The van der Waals surface area contributed by atoms with E-state index in [4.69, 9.17) is 4.99 Å². The lowest BCUT2D eigenvalue weighted by Gasteiger charge is -2.24. The normalized spacial score (nSPS) is 24.1. The highest BCUT2D eigenvalue weighted by Crippen LogP contribution is 2.46. The first kappa shape index (κ1) is 21.1. The molecular weight excluding hydrogens is 445 g/mol. The second-order valence-electron chi connectivity index (χ2n) is 10.6. The van der Waals surface area contributed by atoms with Gasteiger partial charge >= 0.3 is 0 Å². The van der Waals surface area contributed by atoms with Crippen LogP contribution in [0.5, 0.6) is 0 Å². The number of amidine groups is 1. The number of fused-ring (bicyclic) bond motifs is 1. The third-order valence-electron chi connectivity index (χ3n) is 8.09. The predicted molar refractivity (Wildman–Crippen MR) is 130 cm³/mol. The number of carbonyl (C=O) groups is 2. The molecule has 2 amide bonds. The summed E-state index contributed by atoms with van der Waals surface area (Å²) < 4.78 is 15.5. The molecule has 1 spiro atoms. The zero-order valence-electron chi connectivity index (χ0n) is 19.5. The van der Waals surface area contributed by atoms with Gasteiger partial charge in [-0.1, -0.05) is 24.3 Å². The number of anilines is 1. The number of nitrogens with zero attached hydrogens (tertiary/aromatic N) is 3. The first-order chi connectivity index (χ1) is 17.0. The first-order valence-corrected chi connectivity index (χ1v) is 12.6. The standard InChI is InChI=1S/C27H28FN5O2/c28-22-12-18(6-7-20(22)19-2-1-3-23-21(19)13-29-31-23)24-30-27(9-10-27)26(35)33(24)15-16-8-11-32(14-16)25(34)17-4-5-17/h1-3,6-7,12,16-17,29,31H,4-5,8-11,13-15H2/t16-/m1/s1. The van der Waals surface area contributed by atoms with Crippen molar-refractivity contribution in [1.29, 1.82) is 0 Å². The number of amides is 2. The van der Waals surface area contributed by atoms with Gasteiger partial charge < -0.3 is 10.3 Å². The van der Waals surface area contributed by atoms with Gasteiger partial charge in [-0.2, -0.15) is 0 Å². The van der Waals surface area contributed by atoms with E-state index in [0.29, 0.717) is 36.6 Å². The van der Waals surface area contributed by atoms with E-state index < -0.39 is 5.54 Å². The third-order valence-corrected chi connectivity index (χ3v) is 8.09. The van der Waals surface area contributed by atoms with Gasteiger partial charge in [0, 0.05) is 48.8 Å². The summed E-state index contributed by atoms with van der Waals surface area (Å²) in [6.07, 6.45) is 4.39. The number of likely N-dealkylation sites (tertiary alicyclic amines) is 1. The summed E-state index contributed by atoms with van der Waals surface area (Å²) in [5, 5.41) is 0. The second kappa shape index (κ2) is 7.62. The van der Waals surface area contributed by atoms with Gasteiger partial charge in [0.15, 0.2) is 0 Å². The molecule has 3 fully saturated rings. The predicted octanol–water partition coefficient (Wildman–Crippen LogP) is 3.30. The number of aliphatic imine (C=N–C) groups is 1. The monoisotopic (exact) mass is 473 g/mol. The smallest absolute Gasteiger partial charge is 0.256 e. The highest BCUT2D eigenvalue weighted by molar-refractivity contribution is 6.16. The van der Waals surface area contributed by atoms with Crippen LogP contribution < -0.4 is 10.9 Å². The highest BCUT2D eigenvalue weighted by Gasteiger charge is 2.57. The Balaban J connectivity index is 1.15. The van der Waals surface area contributed by atoms with Gasteiger partial charge in [-0.25, -0.2) is 9.82 Å². The summed E-state index contributed by atoms with van der Waals surface area (Å²) >= 11 is 0. The Bertz CT molecular complexity index is 1280. The van der Waals surface area contributed by atoms with Crippen molar-refractivity contribution in [3.63, 3.8) is 0 Å². The zero-order valence-corrected chi connectivity index (χ0v) is 19.5. The van der Waals surface area contributed by atoms with Crippen LogP contribution >= 0.6 is 0 Å². The Labute approximate surface area is 203 Å². The molecule has 0 unspecified atom stereocenters. The molecule has 3 heterocycles. The average molecular weight is 474 g/mol. The molecule has 35 heavy (non-hydrogen) atoms. The van der Waals surface area contributed by atoms with Gasteiger partial charge in [0.1, 0.15) is 17.2 Å². The van der Waals surface area contributed by atoms with Gasteiger partial charge in [-0.3, -0.25) is 19.5 Å². The summed E-state index contributed by atoms with van der Waals surface area (Å²) in [5.74, 6) is 0.984. The van der Waals surface area contributed by atoms with Crippen molar-refractivity contribution in [1.82, 2.24) is 15.2 Å². The van der Waals surface area contributed by atoms with Crippen molar-refractivity contribution in [2.24, 2.45) is 16.8 Å². The molecule has 2 aliphatic carbocycles. The quantitative estimate of drug-likeness (QED) is 0.699. The Morgan fingerprint density at radius 1 is 1.14 bits per heavy atom. The van der Waals surface area contributed by atoms with E-state index in [1.54, 1.807) is 11.0 Å². The maximum Gasteiger partial charge on any atom is 0.256 e. The lowest BCUT2D eigenvalue weighted by Crippen LogP contribution is -2.41. The lowest BCUT2D eigenvalue weighted by atomic mass is 9.97. The van der Waals surface area contributed by atoms with Crippen LogP contribution in [-0.4, -0.2) is 52.6 Å². The highest BCUT2D eigenvalue weighted by atomic mass is 19.1. The molecule has 1 atom stereocenters. The fourth-order valence-electron chi connectivity index (χ4n) is 5.77. The molecule has 7 nitrogen and oxygen atoms in total. The number of hydrogen-bond acceptors (Lipinski definition) is 5. The first-order valence-electron chi connectivity index (χ1n) is 12.6. The van der Waals surface area contributed by atoms with Crippen LogP contribution in [0.1, 0.15) is 43.2 Å². The van der Waals surface area contributed by atoms with E-state index in [0.717, 1.165) is 55.5 Å². The maximum atomic E-state index is 15.5. The molecule has 2 aromatic rings. The number of nitrogens with one attached hydrogen (secondary N) is 2. The second-order valence-corrected chi connectivity index (χ2v) is 10.6. The molecule has 0 bridgehead atoms. The Kier molecular flexibility index (Phi) is 4.58. The van der Waals surface area contributed by atoms with Crippen molar-refractivity contribution in [3.8, 4) is 11.1 Å². The Morgan fingerprint density at radius 3 is 2.77 bits per heavy atom. The molecule has 2 aromatic carbocycles. The molecule has 8 heteroatoms. The number of hydrazine groups is 1. The topological polar surface area (TPSA) is 77.0 Å². The molecule has 2 saturated carbocycles. The SMILES string of the molecule is O=C(C1CC1)N1CC[C@@H](CN2C(=O)C3(CC3)N=C2c2ccc(-c3cccc4c3CNN4)c(F)c2)C1. The minimum atomic E-state index is -0.649. The van der Waals surface area contributed by atoms with Crippen LogP contribution in [0, 0.1) is 17.7 Å². The van der Waals surface area contributed by atoms with E-state index >= 15 is 4.39 Å². The largest absolute Gasteiger partial charge is 0.342 e. The number of halogens is 1. The van der Waals surface area contributed by atoms with Crippen LogP contribution in [0.15, 0.2) is 41.4 Å². The van der Waals surface area contributed by atoms with E-state index in [1.807, 2.05) is 29.2 Å². The van der Waals surface area contributed by atoms with E-state index in [-0.39, 0.29) is 29.5 Å². The van der Waals surface area contributed by atoms with Crippen molar-refractivity contribution >= 4 is 23.3 Å². The fourth-order valence-corrected chi connectivity index (χ4v) is 5.77. The maximum absolute atomic E-state index is 15.5. The van der Waals surface area contributed by atoms with Crippen molar-refractivity contribution in [2.45, 2.75) is 44.2 Å². The zero-order chi connectivity index (χ0) is 23.7. The molecule has 1 saturated heterocycles. The Hall–Kier alpha value is -3.26.